The van der Waals surface area contributed by atoms with Crippen molar-refractivity contribution in [3.63, 3.8) is 0 Å². The highest BCUT2D eigenvalue weighted by Crippen LogP contribution is 2.15. The molecule has 0 aromatic heterocycles. The van der Waals surface area contributed by atoms with E-state index in [4.69, 9.17) is 10.4 Å². The van der Waals surface area contributed by atoms with Crippen molar-refractivity contribution in [2.75, 3.05) is 0 Å². The third kappa shape index (κ3) is 3.34. The van der Waals surface area contributed by atoms with Gasteiger partial charge in [0, 0.05) is 10.5 Å². The molecule has 0 rings (SSSR count). The van der Waals surface area contributed by atoms with E-state index in [1.54, 1.807) is 13.8 Å². The number of rotatable bonds is 3. The number of hydrogen-bond acceptors (Lipinski definition) is 3. The largest absolute Gasteiger partial charge is 0.754 e. The second kappa shape index (κ2) is 4.72. The first-order chi connectivity index (χ1) is 5.49. The van der Waals surface area contributed by atoms with Gasteiger partial charge in [-0.3, -0.25) is 4.79 Å². The van der Waals surface area contributed by atoms with Crippen LogP contribution in [0.4, 0.5) is 0 Å². The first kappa shape index (κ1) is 10.9. The van der Waals surface area contributed by atoms with Crippen LogP contribution in [-0.4, -0.2) is 21.4 Å². The molecule has 1 unspecified atom stereocenters. The van der Waals surface area contributed by atoms with Gasteiger partial charge in [0.1, 0.15) is 0 Å². The van der Waals surface area contributed by atoms with E-state index in [0.29, 0.717) is 0 Å². The van der Waals surface area contributed by atoms with E-state index in [2.05, 4.69) is 9.31 Å². The molecule has 0 aliphatic carbocycles. The molecule has 66 valence electrons. The summed E-state index contributed by atoms with van der Waals surface area (Å²) in [5, 5.41) is 0. The van der Waals surface area contributed by atoms with Crippen molar-refractivity contribution in [1.29, 1.82) is 0 Å². The maximum Gasteiger partial charge on any atom is 0.754 e. The van der Waals surface area contributed by atoms with Gasteiger partial charge in [0.15, 0.2) is 0 Å². The monoisotopic (exact) mass is 191 g/mol. The van der Waals surface area contributed by atoms with E-state index in [0.717, 1.165) is 0 Å². The fraction of sp³-hybridized carbons (Fsp3) is 0.600. The summed E-state index contributed by atoms with van der Waals surface area (Å²) >= 11 is 0. The van der Waals surface area contributed by atoms with Crippen LogP contribution in [0, 0.1) is 5.92 Å². The Morgan fingerprint density at radius 2 is 2.17 bits per heavy atom. The highest BCUT2D eigenvalue weighted by Gasteiger charge is 2.34. The zero-order valence-corrected chi connectivity index (χ0v) is 7.49. The fourth-order valence-electron chi connectivity index (χ4n) is 0.433. The van der Waals surface area contributed by atoms with E-state index in [-0.39, 0.29) is 0 Å². The molecule has 0 fully saturated rings. The van der Waals surface area contributed by atoms with E-state index >= 15 is 0 Å². The van der Waals surface area contributed by atoms with E-state index in [1.807, 2.05) is 0 Å². The Labute approximate surface area is 69.7 Å². The lowest BCUT2D eigenvalue weighted by molar-refractivity contribution is -0.123. The minimum atomic E-state index is -2.96. The molecule has 0 aliphatic heterocycles. The van der Waals surface area contributed by atoms with E-state index in [9.17, 15) is 9.36 Å². The number of Topliss-reactive ketones (excluding diaryl/α,β-unsaturated/α-hetero) is 1. The summed E-state index contributed by atoms with van der Waals surface area (Å²) in [6.07, 6.45) is 0. The second-order valence-electron chi connectivity index (χ2n) is 2.25. The Kier molecular flexibility index (Phi) is 4.29. The van der Waals surface area contributed by atoms with Crippen molar-refractivity contribution in [2.24, 2.45) is 5.92 Å². The maximum absolute atomic E-state index is 11.0. The van der Waals surface area contributed by atoms with Crippen LogP contribution in [0.5, 0.6) is 0 Å². The summed E-state index contributed by atoms with van der Waals surface area (Å²) in [6, 6.07) is 0. The van der Waals surface area contributed by atoms with Crippen molar-refractivity contribution in [3.8, 4) is 0 Å². The van der Waals surface area contributed by atoms with Crippen LogP contribution in [0.2, 0.25) is 0 Å². The highest BCUT2D eigenvalue weighted by molar-refractivity contribution is 7.33. The van der Waals surface area contributed by atoms with Gasteiger partial charge in [0.2, 0.25) is 0 Å². The van der Waals surface area contributed by atoms with Crippen LogP contribution in [0.3, 0.4) is 0 Å². The average Bonchev–Trinajstić information content (AvgIpc) is 1.98. The molecule has 0 radical (unpaired) electrons. The van der Waals surface area contributed by atoms with Gasteiger partial charge in [-0.05, 0) is 0 Å². The van der Waals surface area contributed by atoms with Gasteiger partial charge in [0.25, 0.3) is 5.78 Å². The van der Waals surface area contributed by atoms with Crippen molar-refractivity contribution in [1.82, 2.24) is 0 Å². The molecule has 0 aliphatic rings. The van der Waals surface area contributed by atoms with Crippen LogP contribution >= 0.6 is 8.25 Å². The third-order valence-electron chi connectivity index (χ3n) is 0.991. The molecule has 0 saturated heterocycles. The Morgan fingerprint density at radius 1 is 1.67 bits per heavy atom. The standard InChI is InChI=1S/C5H7N2O4P/c1-3(2)4(8)5(7-6)11-12(9)10/h3H,1-2H3/p+1. The minimum Gasteiger partial charge on any atom is -0.356 e. The molecule has 12 heavy (non-hydrogen) atoms. The highest BCUT2D eigenvalue weighted by atomic mass is 31.1. The van der Waals surface area contributed by atoms with Gasteiger partial charge >= 0.3 is 14.2 Å². The van der Waals surface area contributed by atoms with Crippen LogP contribution in [0.15, 0.2) is 0 Å². The van der Waals surface area contributed by atoms with Crippen LogP contribution in [0.1, 0.15) is 13.8 Å². The quantitative estimate of drug-likeness (QED) is 0.231. The van der Waals surface area contributed by atoms with Gasteiger partial charge < -0.3 is 5.53 Å². The third-order valence-corrected chi connectivity index (χ3v) is 1.32. The van der Waals surface area contributed by atoms with Gasteiger partial charge in [-0.15, -0.1) is 14.2 Å². The van der Waals surface area contributed by atoms with Crippen LogP contribution < -0.4 is 0 Å². The predicted molar refractivity (Wildman–Crippen MR) is 39.4 cm³/mol. The summed E-state index contributed by atoms with van der Waals surface area (Å²) in [5.74, 6) is -1.82. The van der Waals surface area contributed by atoms with Crippen molar-refractivity contribution < 1.29 is 23.6 Å². The van der Waals surface area contributed by atoms with Crippen molar-refractivity contribution in [3.05, 3.63) is 5.53 Å². The predicted octanol–water partition coefficient (Wildman–Crippen LogP) is 0.506. The van der Waals surface area contributed by atoms with E-state index < -0.39 is 25.9 Å². The number of carbonyl (C=O) groups is 1. The zero-order valence-electron chi connectivity index (χ0n) is 6.59. The lowest BCUT2D eigenvalue weighted by Gasteiger charge is -1.91. The Bertz CT molecular complexity index is 256. The molecule has 0 amide bonds. The summed E-state index contributed by atoms with van der Waals surface area (Å²) in [5.41, 5.74) is 8.20. The second-order valence-corrected chi connectivity index (χ2v) is 2.91. The van der Waals surface area contributed by atoms with Crippen LogP contribution in [-0.2, 0) is 13.9 Å². The molecular weight excluding hydrogens is 183 g/mol. The maximum atomic E-state index is 11.0. The molecule has 0 heterocycles. The topological polar surface area (TPSA) is 100 Å². The number of nitrogens with zero attached hydrogens (tertiary/aromatic N) is 2. The molecule has 1 atom stereocenters. The van der Waals surface area contributed by atoms with Crippen LogP contribution in [0.25, 0.3) is 5.53 Å². The van der Waals surface area contributed by atoms with E-state index in [1.165, 1.54) is 0 Å². The van der Waals surface area contributed by atoms with Gasteiger partial charge in [-0.2, -0.15) is 0 Å². The van der Waals surface area contributed by atoms with Gasteiger partial charge in [-0.25, -0.2) is 0 Å². The summed E-state index contributed by atoms with van der Waals surface area (Å²) in [6.45, 7) is 3.09. The molecule has 0 aromatic rings. The average molecular weight is 191 g/mol. The normalized spacial score (nSPS) is 10.5. The molecule has 7 heteroatoms. The number of carbonyl (C=O) groups excluding carboxylic acids is 1. The molecule has 0 spiro atoms. The number of ketones is 1. The van der Waals surface area contributed by atoms with Crippen molar-refractivity contribution in [2.45, 2.75) is 13.8 Å². The molecule has 0 aromatic carbocycles. The molecular formula is C5H8N2O4P+. The molecule has 0 bridgehead atoms. The Hall–Kier alpha value is -1.09. The Morgan fingerprint density at radius 3 is 2.42 bits per heavy atom. The Balaban J connectivity index is 4.49. The number of hydrogen-bond donors (Lipinski definition) is 1. The van der Waals surface area contributed by atoms with Gasteiger partial charge in [0.05, 0.1) is 0 Å². The summed E-state index contributed by atoms with van der Waals surface area (Å²) in [7, 11) is -2.96. The molecule has 0 saturated carbocycles. The lowest BCUT2D eigenvalue weighted by atomic mass is 10.1. The van der Waals surface area contributed by atoms with Crippen molar-refractivity contribution >= 4 is 19.9 Å². The minimum absolute atomic E-state index is 0.453. The van der Waals surface area contributed by atoms with Gasteiger partial charge in [-0.1, -0.05) is 13.8 Å². The summed E-state index contributed by atoms with van der Waals surface area (Å²) in [4.78, 5) is 21.6. The molecule has 1 N–H and O–H groups in total. The summed E-state index contributed by atoms with van der Waals surface area (Å²) < 4.78 is 14.1. The SMILES string of the molecule is CC(C)C(=O)C(=[N+]=[N-])O[P+](=O)O. The molecule has 6 nitrogen and oxygen atoms in total. The first-order valence-electron chi connectivity index (χ1n) is 3.09. The zero-order chi connectivity index (χ0) is 9.72. The first-order valence-corrected chi connectivity index (χ1v) is 4.22. The lowest BCUT2D eigenvalue weighted by Crippen LogP contribution is -2.21. The fourth-order valence-corrected chi connectivity index (χ4v) is 0.708. The smallest absolute Gasteiger partial charge is 0.356 e.